The van der Waals surface area contributed by atoms with Crippen LogP contribution in [0.2, 0.25) is 0 Å². The maximum Gasteiger partial charge on any atom is 0.338 e. The molecule has 0 fully saturated rings. The van der Waals surface area contributed by atoms with Gasteiger partial charge in [-0.25, -0.2) is 14.4 Å². The predicted molar refractivity (Wildman–Crippen MR) is 575 cm³/mol. The molecular formula is C132H108O6. The van der Waals surface area contributed by atoms with Gasteiger partial charge in [-0.2, -0.15) is 0 Å². The van der Waals surface area contributed by atoms with Gasteiger partial charge in [0.05, 0.1) is 16.7 Å². The Morgan fingerprint density at radius 2 is 0.261 bits per heavy atom. The molecule has 0 aliphatic rings. The quantitative estimate of drug-likeness (QED) is 0.0290. The van der Waals surface area contributed by atoms with Gasteiger partial charge in [0.15, 0.2) is 0 Å². The molecule has 22 aromatic rings. The van der Waals surface area contributed by atoms with Crippen LogP contribution in [0.5, 0.6) is 0 Å². The second-order valence-electron chi connectivity index (χ2n) is 37.5. The summed E-state index contributed by atoms with van der Waals surface area (Å²) in [5.74, 6) is -2.17. The summed E-state index contributed by atoms with van der Waals surface area (Å²) < 4.78 is 20.0. The first-order valence-corrected chi connectivity index (χ1v) is 49.4. The fourth-order valence-corrected chi connectivity index (χ4v) is 23.6. The van der Waals surface area contributed by atoms with Crippen molar-refractivity contribution in [3.63, 3.8) is 0 Å². The molecule has 0 N–H and O–H groups in total. The number of benzene rings is 22. The summed E-state index contributed by atoms with van der Waals surface area (Å²) in [6.45, 7) is 13.1. The van der Waals surface area contributed by atoms with Crippen molar-refractivity contribution in [1.29, 1.82) is 0 Å². The molecule has 0 saturated heterocycles. The van der Waals surface area contributed by atoms with E-state index in [9.17, 15) is 0 Å². The topological polar surface area (TPSA) is 78.9 Å². The van der Waals surface area contributed by atoms with Crippen molar-refractivity contribution >= 4 is 147 Å². The van der Waals surface area contributed by atoms with Crippen molar-refractivity contribution in [3.8, 4) is 0 Å². The highest BCUT2D eigenvalue weighted by molar-refractivity contribution is 6.13. The highest BCUT2D eigenvalue weighted by Gasteiger charge is 2.27. The molecule has 0 aliphatic carbocycles. The summed E-state index contributed by atoms with van der Waals surface area (Å²) in [6, 6.07) is 130. The Labute approximate surface area is 806 Å². The van der Waals surface area contributed by atoms with Crippen LogP contribution in [-0.4, -0.2) is 17.9 Å². The van der Waals surface area contributed by atoms with Crippen molar-refractivity contribution in [2.45, 2.75) is 138 Å². The van der Waals surface area contributed by atoms with Crippen molar-refractivity contribution in [2.75, 3.05) is 0 Å². The number of ether oxygens (including phenoxy) is 3. The molecule has 672 valence electrons. The minimum Gasteiger partial charge on any atom is -0.457 e. The maximum atomic E-state index is 15.8. The molecule has 0 bridgehead atoms. The Bertz CT molecular complexity index is 7090. The highest BCUT2D eigenvalue weighted by Crippen LogP contribution is 2.44. The average Bonchev–Trinajstić information content (AvgIpc) is 0.769. The Kier molecular flexibility index (Phi) is 24.1. The molecule has 0 aromatic heterocycles. The smallest absolute Gasteiger partial charge is 0.338 e. The molecule has 0 heterocycles. The number of fused-ring (bicyclic) bond motifs is 12. The molecule has 0 unspecified atom stereocenters. The van der Waals surface area contributed by atoms with Crippen LogP contribution >= 0.6 is 0 Å². The maximum absolute atomic E-state index is 15.8. The summed E-state index contributed by atoms with van der Waals surface area (Å²) in [5, 5.41) is 29.4. The van der Waals surface area contributed by atoms with E-state index in [-0.39, 0.29) is 36.5 Å². The van der Waals surface area contributed by atoms with Gasteiger partial charge in [-0.1, -0.05) is 387 Å². The first-order chi connectivity index (χ1) is 67.9. The lowest BCUT2D eigenvalue weighted by molar-refractivity contribution is 0.0467. The van der Waals surface area contributed by atoms with Crippen LogP contribution in [0.15, 0.2) is 364 Å². The third-order valence-corrected chi connectivity index (χ3v) is 29.4. The zero-order valence-electron chi connectivity index (χ0n) is 79.2. The van der Waals surface area contributed by atoms with Crippen LogP contribution in [0.25, 0.3) is 129 Å². The van der Waals surface area contributed by atoms with E-state index in [1.54, 1.807) is 0 Å². The third-order valence-electron chi connectivity index (χ3n) is 29.4. The number of hydrogen-bond donors (Lipinski definition) is 0. The van der Waals surface area contributed by atoms with Crippen LogP contribution in [0.4, 0.5) is 0 Å². The van der Waals surface area contributed by atoms with Crippen LogP contribution in [-0.2, 0) is 111 Å². The standard InChI is InChI=1S/C132H108O6/c1-7-94-100-37-13-25-49-112(100)124(113-50-26-14-38-101(94)113)70-82-61-83(71-125-114-51-27-15-39-102(114)95(8-2)103-40-16-28-52-115(103)125)65-88(64-82)79-136-130(133)91-76-92(131(134)137-80-89-66-84(72-126-116-53-29-17-41-104(116)96(9-3)105-42-18-30-54-117(105)126)62-85(67-89)73-127-118-55-31-19-43-106(118)97(10-4)107-44-20-32-56-119(107)127)78-93(77-91)132(135)138-81-90-68-86(74-128-120-57-33-21-45-108(120)98(11-5)109-46-22-34-58-121(109)128)63-87(69-90)75-129-122-59-35-23-47-110(122)99(12-6)111-48-24-36-60-123(111)129/h13-69,76-78H,7-12,70-75,79-81H2,1-6H3. The van der Waals surface area contributed by atoms with E-state index in [2.05, 4.69) is 387 Å². The minimum absolute atomic E-state index is 0.00608. The van der Waals surface area contributed by atoms with Crippen molar-refractivity contribution in [1.82, 2.24) is 0 Å². The lowest BCUT2D eigenvalue weighted by Crippen LogP contribution is -2.14. The number of carbonyl (C=O) groups excluding carboxylic acids is 3. The lowest BCUT2D eigenvalue weighted by atomic mass is 9.86. The van der Waals surface area contributed by atoms with Crippen LogP contribution in [0.3, 0.4) is 0 Å². The second-order valence-corrected chi connectivity index (χ2v) is 37.5. The molecule has 6 nitrogen and oxygen atoms in total. The fourth-order valence-electron chi connectivity index (χ4n) is 23.6. The van der Waals surface area contributed by atoms with Gasteiger partial charge in [0, 0.05) is 0 Å². The molecule has 22 rings (SSSR count). The van der Waals surface area contributed by atoms with E-state index in [0.717, 1.165) is 88.6 Å². The molecule has 0 radical (unpaired) electrons. The first kappa shape index (κ1) is 87.7. The molecule has 0 aliphatic heterocycles. The monoisotopic (exact) mass is 1790 g/mol. The SMILES string of the molecule is CCc1c2ccccc2c(Cc2cc(COC(=O)c3cc(C(=O)OCc4cc(Cc5c6ccccc6c(CC)c6ccccc56)cc(Cc5c6ccccc6c(CC)c6ccccc56)c4)cc(C(=O)OCc4cc(Cc5c6ccccc6c(CC)c6ccccc56)cc(Cc5c6ccccc6c(CC)c6ccccc56)c4)c3)cc(Cc3c4ccccc4c(CC)c4ccccc34)c2)c2ccccc12. The fraction of sp³-hybridized carbons (Fsp3) is 0.159. The summed E-state index contributed by atoms with van der Waals surface area (Å²) in [6.07, 6.45) is 8.94. The second kappa shape index (κ2) is 37.9. The number of aryl methyl sites for hydroxylation is 6. The van der Waals surface area contributed by atoms with Gasteiger partial charge in [-0.3, -0.25) is 0 Å². The lowest BCUT2D eigenvalue weighted by Gasteiger charge is -2.19. The molecule has 0 atom stereocenters. The molecule has 0 saturated carbocycles. The largest absolute Gasteiger partial charge is 0.457 e. The van der Waals surface area contributed by atoms with Gasteiger partial charge in [-0.05, 0) is 341 Å². The molecule has 22 aromatic carbocycles. The zero-order chi connectivity index (χ0) is 93.6. The van der Waals surface area contributed by atoms with E-state index in [4.69, 9.17) is 14.2 Å². The van der Waals surface area contributed by atoms with Gasteiger partial charge in [0.2, 0.25) is 0 Å². The zero-order valence-corrected chi connectivity index (χ0v) is 79.2. The molecule has 6 heteroatoms. The van der Waals surface area contributed by atoms with Gasteiger partial charge < -0.3 is 14.2 Å². The number of esters is 3. The normalized spacial score (nSPS) is 11.8. The van der Waals surface area contributed by atoms with E-state index >= 15 is 14.4 Å². The Balaban J connectivity index is 0.652. The van der Waals surface area contributed by atoms with Gasteiger partial charge in [0.1, 0.15) is 19.8 Å². The molecule has 138 heavy (non-hydrogen) atoms. The third kappa shape index (κ3) is 16.4. The van der Waals surface area contributed by atoms with Crippen LogP contribution in [0, 0.1) is 0 Å². The van der Waals surface area contributed by atoms with Gasteiger partial charge in [-0.15, -0.1) is 0 Å². The molecule has 0 spiro atoms. The van der Waals surface area contributed by atoms with E-state index in [1.807, 2.05) is 0 Å². The Morgan fingerprint density at radius 3 is 0.377 bits per heavy atom. The van der Waals surface area contributed by atoms with E-state index in [0.29, 0.717) is 38.5 Å². The van der Waals surface area contributed by atoms with Crippen molar-refractivity contribution in [3.05, 3.63) is 498 Å². The number of rotatable bonds is 27. The van der Waals surface area contributed by atoms with Crippen LogP contribution < -0.4 is 0 Å². The molecular weight excluding hydrogens is 1680 g/mol. The summed E-state index contributed by atoms with van der Waals surface area (Å²) in [7, 11) is 0. The van der Waals surface area contributed by atoms with E-state index < -0.39 is 17.9 Å². The minimum atomic E-state index is -0.724. The number of hydrogen-bond acceptors (Lipinski definition) is 6. The van der Waals surface area contributed by atoms with Gasteiger partial charge >= 0.3 is 17.9 Å². The van der Waals surface area contributed by atoms with Gasteiger partial charge in [0.25, 0.3) is 0 Å². The first-order valence-electron chi connectivity index (χ1n) is 49.4. The predicted octanol–water partition coefficient (Wildman–Crippen LogP) is 32.5. The van der Waals surface area contributed by atoms with E-state index in [1.165, 1.54) is 214 Å². The number of carbonyl (C=O) groups is 3. The van der Waals surface area contributed by atoms with Crippen molar-refractivity contribution in [2.24, 2.45) is 0 Å². The Morgan fingerprint density at radius 1 is 0.152 bits per heavy atom. The average molecular weight is 1790 g/mol. The highest BCUT2D eigenvalue weighted by atomic mass is 16.5. The summed E-state index contributed by atoms with van der Waals surface area (Å²) in [4.78, 5) is 47.4. The molecule has 0 amide bonds. The summed E-state index contributed by atoms with van der Waals surface area (Å²) >= 11 is 0. The van der Waals surface area contributed by atoms with Crippen molar-refractivity contribution < 1.29 is 28.6 Å². The Hall–Kier alpha value is -15.6. The summed E-state index contributed by atoms with van der Waals surface area (Å²) in [5.41, 5.74) is 24.1. The van der Waals surface area contributed by atoms with Crippen LogP contribution in [0.1, 0.15) is 189 Å².